The zero-order valence-electron chi connectivity index (χ0n) is 7.10. The highest BCUT2D eigenvalue weighted by atomic mass is 15.1. The normalized spacial score (nSPS) is 10.4. The lowest BCUT2D eigenvalue weighted by Gasteiger charge is -2.01. The maximum absolute atomic E-state index is 4.34. The predicted octanol–water partition coefficient (Wildman–Crippen LogP) is 1.83. The Bertz CT molecular complexity index is 236. The van der Waals surface area contributed by atoms with Gasteiger partial charge < -0.3 is 4.57 Å². The third-order valence-electron chi connectivity index (χ3n) is 1.96. The van der Waals surface area contributed by atoms with Gasteiger partial charge in [0.1, 0.15) is 5.82 Å². The molecule has 1 heterocycles. The summed E-state index contributed by atoms with van der Waals surface area (Å²) >= 11 is 0. The molecule has 0 bridgehead atoms. The average Bonchev–Trinajstić information content (AvgIpc) is 2.09. The second kappa shape index (κ2) is 2.45. The lowest BCUT2D eigenvalue weighted by Crippen LogP contribution is -1.98. The molecule has 0 aliphatic carbocycles. The molecule has 0 aromatic carbocycles. The topological polar surface area (TPSA) is 17.8 Å². The molecule has 0 N–H and O–H groups in total. The van der Waals surface area contributed by atoms with Gasteiger partial charge in [-0.1, -0.05) is 0 Å². The number of hydrogen-bond acceptors (Lipinski definition) is 1. The third kappa shape index (κ3) is 0.939. The van der Waals surface area contributed by atoms with E-state index in [4.69, 9.17) is 0 Å². The molecule has 1 rings (SSSR count). The summed E-state index contributed by atoms with van der Waals surface area (Å²) < 4.78 is 2.22. The minimum atomic E-state index is 1.03. The Morgan fingerprint density at radius 3 is 2.10 bits per heavy atom. The Labute approximate surface area is 61.9 Å². The Balaban J connectivity index is 3.20. The van der Waals surface area contributed by atoms with Gasteiger partial charge in [-0.05, 0) is 27.7 Å². The van der Waals surface area contributed by atoms with E-state index in [1.165, 1.54) is 5.69 Å². The average molecular weight is 138 g/mol. The smallest absolute Gasteiger partial charge is 0.106 e. The number of rotatable bonds is 1. The molecule has 0 radical (unpaired) electrons. The standard InChI is InChI=1S/C8H14N2/c1-5-10-7(3)6(2)9-8(10)4/h5H2,1-4H3. The molecular weight excluding hydrogens is 124 g/mol. The summed E-state index contributed by atoms with van der Waals surface area (Å²) in [6, 6.07) is 0. The molecule has 0 atom stereocenters. The van der Waals surface area contributed by atoms with Crippen LogP contribution in [0, 0.1) is 20.8 Å². The molecule has 1 aromatic rings. The van der Waals surface area contributed by atoms with Crippen LogP contribution in [0.5, 0.6) is 0 Å². The van der Waals surface area contributed by atoms with E-state index < -0.39 is 0 Å². The first-order chi connectivity index (χ1) is 4.66. The Hall–Kier alpha value is -0.790. The lowest BCUT2D eigenvalue weighted by atomic mass is 10.4. The van der Waals surface area contributed by atoms with Gasteiger partial charge in [0.15, 0.2) is 0 Å². The van der Waals surface area contributed by atoms with Crippen molar-refractivity contribution in [1.82, 2.24) is 9.55 Å². The molecule has 0 aliphatic rings. The Kier molecular flexibility index (Phi) is 1.79. The third-order valence-corrected chi connectivity index (χ3v) is 1.96. The number of aromatic nitrogens is 2. The van der Waals surface area contributed by atoms with E-state index in [2.05, 4.69) is 30.3 Å². The van der Waals surface area contributed by atoms with Crippen LogP contribution in [0.3, 0.4) is 0 Å². The molecule has 56 valence electrons. The maximum atomic E-state index is 4.34. The van der Waals surface area contributed by atoms with Crippen LogP contribution in [-0.4, -0.2) is 9.55 Å². The van der Waals surface area contributed by atoms with Crippen molar-refractivity contribution in [2.75, 3.05) is 0 Å². The fourth-order valence-electron chi connectivity index (χ4n) is 1.29. The zero-order valence-corrected chi connectivity index (χ0v) is 7.10. The van der Waals surface area contributed by atoms with Crippen molar-refractivity contribution in [2.45, 2.75) is 34.2 Å². The first-order valence-corrected chi connectivity index (χ1v) is 3.67. The molecule has 1 aromatic heterocycles. The molecule has 10 heavy (non-hydrogen) atoms. The van der Waals surface area contributed by atoms with Gasteiger partial charge in [0, 0.05) is 12.2 Å². The zero-order chi connectivity index (χ0) is 7.72. The molecule has 2 heteroatoms. The summed E-state index contributed by atoms with van der Waals surface area (Å²) in [6.07, 6.45) is 0. The summed E-state index contributed by atoms with van der Waals surface area (Å²) in [5.41, 5.74) is 2.44. The summed E-state index contributed by atoms with van der Waals surface area (Å²) in [5, 5.41) is 0. The van der Waals surface area contributed by atoms with Crippen LogP contribution in [0.2, 0.25) is 0 Å². The molecule has 0 aliphatic heterocycles. The SMILES string of the molecule is CCn1c(C)nc(C)c1C. The van der Waals surface area contributed by atoms with E-state index in [1.807, 2.05) is 6.92 Å². The van der Waals surface area contributed by atoms with Crippen LogP contribution >= 0.6 is 0 Å². The van der Waals surface area contributed by atoms with Gasteiger partial charge in [-0.25, -0.2) is 4.98 Å². The molecule has 0 unspecified atom stereocenters. The highest BCUT2D eigenvalue weighted by Crippen LogP contribution is 2.07. The van der Waals surface area contributed by atoms with E-state index in [0.717, 1.165) is 18.1 Å². The van der Waals surface area contributed by atoms with Crippen LogP contribution in [0.25, 0.3) is 0 Å². The number of imidazole rings is 1. The molecule has 0 fully saturated rings. The summed E-state index contributed by atoms with van der Waals surface area (Å²) in [5.74, 6) is 1.12. The second-order valence-corrected chi connectivity index (χ2v) is 2.57. The quantitative estimate of drug-likeness (QED) is 0.579. The first-order valence-electron chi connectivity index (χ1n) is 3.67. The van der Waals surface area contributed by atoms with Gasteiger partial charge in [0.2, 0.25) is 0 Å². The van der Waals surface area contributed by atoms with E-state index in [-0.39, 0.29) is 0 Å². The van der Waals surface area contributed by atoms with E-state index in [1.54, 1.807) is 0 Å². The summed E-state index contributed by atoms with van der Waals surface area (Å²) in [4.78, 5) is 4.34. The number of hydrogen-bond donors (Lipinski definition) is 0. The summed E-state index contributed by atoms with van der Waals surface area (Å²) in [7, 11) is 0. The van der Waals surface area contributed by atoms with Gasteiger partial charge in [-0.3, -0.25) is 0 Å². The van der Waals surface area contributed by atoms with Gasteiger partial charge in [0.05, 0.1) is 5.69 Å². The van der Waals surface area contributed by atoms with Crippen LogP contribution in [0.1, 0.15) is 24.1 Å². The number of nitrogens with zero attached hydrogens (tertiary/aromatic N) is 2. The highest BCUT2D eigenvalue weighted by molar-refractivity contribution is 5.12. The van der Waals surface area contributed by atoms with Crippen LogP contribution < -0.4 is 0 Å². The van der Waals surface area contributed by atoms with E-state index >= 15 is 0 Å². The van der Waals surface area contributed by atoms with Crippen LogP contribution in [0.4, 0.5) is 0 Å². The molecule has 0 spiro atoms. The van der Waals surface area contributed by atoms with Crippen molar-refractivity contribution in [1.29, 1.82) is 0 Å². The van der Waals surface area contributed by atoms with Crippen molar-refractivity contribution in [2.24, 2.45) is 0 Å². The Morgan fingerprint density at radius 2 is 1.90 bits per heavy atom. The minimum Gasteiger partial charge on any atom is -0.333 e. The maximum Gasteiger partial charge on any atom is 0.106 e. The minimum absolute atomic E-state index is 1.03. The lowest BCUT2D eigenvalue weighted by molar-refractivity contribution is 0.708. The van der Waals surface area contributed by atoms with E-state index in [9.17, 15) is 0 Å². The molecule has 0 saturated heterocycles. The molecule has 0 saturated carbocycles. The van der Waals surface area contributed by atoms with Crippen LogP contribution in [-0.2, 0) is 6.54 Å². The monoisotopic (exact) mass is 138 g/mol. The van der Waals surface area contributed by atoms with Crippen molar-refractivity contribution >= 4 is 0 Å². The molecule has 2 nitrogen and oxygen atoms in total. The predicted molar refractivity (Wildman–Crippen MR) is 42.1 cm³/mol. The Morgan fingerprint density at radius 1 is 1.30 bits per heavy atom. The highest BCUT2D eigenvalue weighted by Gasteiger charge is 2.03. The fraction of sp³-hybridized carbons (Fsp3) is 0.625. The van der Waals surface area contributed by atoms with Gasteiger partial charge in [-0.15, -0.1) is 0 Å². The molecule has 0 amide bonds. The van der Waals surface area contributed by atoms with Crippen molar-refractivity contribution in [3.63, 3.8) is 0 Å². The second-order valence-electron chi connectivity index (χ2n) is 2.57. The van der Waals surface area contributed by atoms with Crippen molar-refractivity contribution in [3.05, 3.63) is 17.2 Å². The summed E-state index contributed by atoms with van der Waals surface area (Å²) in [6.45, 7) is 9.37. The van der Waals surface area contributed by atoms with Gasteiger partial charge in [-0.2, -0.15) is 0 Å². The van der Waals surface area contributed by atoms with Crippen molar-refractivity contribution < 1.29 is 0 Å². The largest absolute Gasteiger partial charge is 0.333 e. The first kappa shape index (κ1) is 7.32. The van der Waals surface area contributed by atoms with Crippen molar-refractivity contribution in [3.8, 4) is 0 Å². The van der Waals surface area contributed by atoms with Crippen LogP contribution in [0.15, 0.2) is 0 Å². The van der Waals surface area contributed by atoms with E-state index in [0.29, 0.717) is 0 Å². The molecular formula is C8H14N2. The van der Waals surface area contributed by atoms with Gasteiger partial charge >= 0.3 is 0 Å². The van der Waals surface area contributed by atoms with Gasteiger partial charge in [0.25, 0.3) is 0 Å². The number of aryl methyl sites for hydroxylation is 2. The fourth-order valence-corrected chi connectivity index (χ4v) is 1.29.